The van der Waals surface area contributed by atoms with Gasteiger partial charge in [-0.2, -0.15) is 0 Å². The largest absolute Gasteiger partial charge is 0.322 e. The summed E-state index contributed by atoms with van der Waals surface area (Å²) in [6.45, 7) is 2.07. The van der Waals surface area contributed by atoms with Gasteiger partial charge in [-0.25, -0.2) is 0 Å². The van der Waals surface area contributed by atoms with Gasteiger partial charge in [-0.1, -0.05) is 35.9 Å². The van der Waals surface area contributed by atoms with Crippen molar-refractivity contribution in [3.63, 3.8) is 0 Å². The van der Waals surface area contributed by atoms with Crippen LogP contribution < -0.4 is 5.32 Å². The summed E-state index contributed by atoms with van der Waals surface area (Å²) in [7, 11) is 2.13. The zero-order chi connectivity index (χ0) is 16.2. The predicted octanol–water partition coefficient (Wildman–Crippen LogP) is 3.98. The van der Waals surface area contributed by atoms with Gasteiger partial charge in [-0.3, -0.25) is 4.79 Å². The predicted molar refractivity (Wildman–Crippen MR) is 95.6 cm³/mol. The van der Waals surface area contributed by atoms with Crippen molar-refractivity contribution < 1.29 is 4.79 Å². The van der Waals surface area contributed by atoms with E-state index in [0.717, 1.165) is 25.1 Å². The number of benzene rings is 2. The average molecular weight is 327 g/mol. The Morgan fingerprint density at radius 1 is 1.22 bits per heavy atom. The molecule has 23 heavy (non-hydrogen) atoms. The summed E-state index contributed by atoms with van der Waals surface area (Å²) in [4.78, 5) is 14.3. The summed E-state index contributed by atoms with van der Waals surface area (Å²) in [5.74, 6) is -0.165. The molecule has 1 N–H and O–H groups in total. The highest BCUT2D eigenvalue weighted by Gasteiger charge is 2.12. The van der Waals surface area contributed by atoms with E-state index in [-0.39, 0.29) is 5.91 Å². The number of carbonyl (C=O) groups is 1. The van der Waals surface area contributed by atoms with Gasteiger partial charge in [-0.15, -0.1) is 0 Å². The summed E-state index contributed by atoms with van der Waals surface area (Å²) in [5, 5.41) is 3.41. The molecule has 0 aromatic heterocycles. The first-order valence-electron chi connectivity index (χ1n) is 7.65. The van der Waals surface area contributed by atoms with Crippen LogP contribution in [0.5, 0.6) is 0 Å². The van der Waals surface area contributed by atoms with Crippen LogP contribution >= 0.6 is 11.6 Å². The normalized spacial score (nSPS) is 14.7. The lowest BCUT2D eigenvalue weighted by Crippen LogP contribution is -2.26. The lowest BCUT2D eigenvalue weighted by Gasteiger charge is -2.25. The minimum Gasteiger partial charge on any atom is -0.322 e. The average Bonchev–Trinajstić information content (AvgIpc) is 2.52. The summed E-state index contributed by atoms with van der Waals surface area (Å²) in [6, 6.07) is 13.5. The number of nitrogens with one attached hydrogen (secondary N) is 1. The SMILES string of the molecule is CN1CCc2ccc(C=CC(=O)Nc3cccc(Cl)c3)cc2C1. The van der Waals surface area contributed by atoms with E-state index in [1.807, 2.05) is 18.2 Å². The third kappa shape index (κ3) is 4.21. The summed E-state index contributed by atoms with van der Waals surface area (Å²) >= 11 is 5.91. The second-order valence-electron chi connectivity index (χ2n) is 5.85. The van der Waals surface area contributed by atoms with Crippen LogP contribution in [0.15, 0.2) is 48.5 Å². The van der Waals surface area contributed by atoms with E-state index in [9.17, 15) is 4.79 Å². The molecule has 4 heteroatoms. The van der Waals surface area contributed by atoms with E-state index >= 15 is 0 Å². The van der Waals surface area contributed by atoms with Gasteiger partial charge >= 0.3 is 0 Å². The number of likely N-dealkylation sites (N-methyl/N-ethyl adjacent to an activating group) is 1. The fourth-order valence-electron chi connectivity index (χ4n) is 2.74. The number of halogens is 1. The van der Waals surface area contributed by atoms with E-state index in [0.29, 0.717) is 10.7 Å². The molecule has 0 aliphatic carbocycles. The Labute approximate surface area is 141 Å². The Hall–Kier alpha value is -2.10. The highest BCUT2D eigenvalue weighted by Crippen LogP contribution is 2.20. The van der Waals surface area contributed by atoms with Crippen molar-refractivity contribution in [1.82, 2.24) is 4.90 Å². The van der Waals surface area contributed by atoms with Gasteiger partial charge in [0.15, 0.2) is 0 Å². The van der Waals surface area contributed by atoms with E-state index in [1.165, 1.54) is 11.1 Å². The lowest BCUT2D eigenvalue weighted by molar-refractivity contribution is -0.111. The zero-order valence-electron chi connectivity index (χ0n) is 13.1. The van der Waals surface area contributed by atoms with Crippen LogP contribution in [0, 0.1) is 0 Å². The van der Waals surface area contributed by atoms with Gasteiger partial charge in [0.2, 0.25) is 5.91 Å². The maximum atomic E-state index is 12.0. The van der Waals surface area contributed by atoms with Crippen molar-refractivity contribution in [2.45, 2.75) is 13.0 Å². The second kappa shape index (κ2) is 6.99. The van der Waals surface area contributed by atoms with Crippen LogP contribution in [0.3, 0.4) is 0 Å². The molecule has 1 amide bonds. The van der Waals surface area contributed by atoms with E-state index in [1.54, 1.807) is 18.2 Å². The van der Waals surface area contributed by atoms with Crippen LogP contribution in [0.4, 0.5) is 5.69 Å². The molecule has 0 saturated carbocycles. The first-order valence-corrected chi connectivity index (χ1v) is 8.03. The maximum Gasteiger partial charge on any atom is 0.248 e. The molecule has 0 radical (unpaired) electrons. The van der Waals surface area contributed by atoms with Crippen LogP contribution in [0.2, 0.25) is 5.02 Å². The Kier molecular flexibility index (Phi) is 4.79. The van der Waals surface area contributed by atoms with Crippen LogP contribution in [-0.2, 0) is 17.8 Å². The minimum absolute atomic E-state index is 0.165. The Morgan fingerprint density at radius 3 is 2.91 bits per heavy atom. The van der Waals surface area contributed by atoms with Crippen LogP contribution in [0.1, 0.15) is 16.7 Å². The number of amides is 1. The third-order valence-corrected chi connectivity index (χ3v) is 4.19. The van der Waals surface area contributed by atoms with Gasteiger partial charge in [0, 0.05) is 29.9 Å². The van der Waals surface area contributed by atoms with Crippen molar-refractivity contribution in [2.24, 2.45) is 0 Å². The molecule has 3 nitrogen and oxygen atoms in total. The number of rotatable bonds is 3. The first-order chi connectivity index (χ1) is 11.1. The molecule has 0 saturated heterocycles. The molecular formula is C19H19ClN2O. The smallest absolute Gasteiger partial charge is 0.248 e. The number of hydrogen-bond donors (Lipinski definition) is 1. The van der Waals surface area contributed by atoms with Crippen molar-refractivity contribution in [2.75, 3.05) is 18.9 Å². The molecule has 0 atom stereocenters. The standard InChI is InChI=1S/C19H19ClN2O/c1-22-10-9-15-7-5-14(11-16(15)13-22)6-8-19(23)21-18-4-2-3-17(20)12-18/h2-8,11-12H,9-10,13H2,1H3,(H,21,23). The van der Waals surface area contributed by atoms with E-state index in [2.05, 4.69) is 35.5 Å². The third-order valence-electron chi connectivity index (χ3n) is 3.95. The minimum atomic E-state index is -0.165. The fraction of sp³-hybridized carbons (Fsp3) is 0.211. The fourth-order valence-corrected chi connectivity index (χ4v) is 2.93. The van der Waals surface area contributed by atoms with E-state index in [4.69, 9.17) is 11.6 Å². The Bertz CT molecular complexity index is 755. The summed E-state index contributed by atoms with van der Waals surface area (Å²) < 4.78 is 0. The topological polar surface area (TPSA) is 32.3 Å². The molecular weight excluding hydrogens is 308 g/mol. The summed E-state index contributed by atoms with van der Waals surface area (Å²) in [5.41, 5.74) is 4.49. The molecule has 0 spiro atoms. The highest BCUT2D eigenvalue weighted by molar-refractivity contribution is 6.30. The maximum absolute atomic E-state index is 12.0. The monoisotopic (exact) mass is 326 g/mol. The number of fused-ring (bicyclic) bond motifs is 1. The first kappa shape index (κ1) is 15.8. The van der Waals surface area contributed by atoms with Gasteiger partial charge < -0.3 is 10.2 Å². The molecule has 2 aromatic rings. The number of anilines is 1. The number of hydrogen-bond acceptors (Lipinski definition) is 2. The van der Waals surface area contributed by atoms with Crippen molar-refractivity contribution in [1.29, 1.82) is 0 Å². The zero-order valence-corrected chi connectivity index (χ0v) is 13.8. The molecule has 1 aliphatic heterocycles. The van der Waals surface area contributed by atoms with Gasteiger partial charge in [-0.05, 0) is 54.4 Å². The molecule has 1 aliphatic rings. The van der Waals surface area contributed by atoms with Gasteiger partial charge in [0.25, 0.3) is 0 Å². The molecule has 0 bridgehead atoms. The molecule has 3 rings (SSSR count). The molecule has 0 unspecified atom stereocenters. The van der Waals surface area contributed by atoms with Gasteiger partial charge in [0.05, 0.1) is 0 Å². The summed E-state index contributed by atoms with van der Waals surface area (Å²) in [6.07, 6.45) is 4.48. The quantitative estimate of drug-likeness (QED) is 0.865. The molecule has 118 valence electrons. The Balaban J connectivity index is 1.68. The molecule has 0 fully saturated rings. The number of carbonyl (C=O) groups excluding carboxylic acids is 1. The lowest BCUT2D eigenvalue weighted by atomic mass is 9.97. The Morgan fingerprint density at radius 2 is 2.09 bits per heavy atom. The number of nitrogens with zero attached hydrogens (tertiary/aromatic N) is 1. The second-order valence-corrected chi connectivity index (χ2v) is 6.29. The van der Waals surface area contributed by atoms with Crippen molar-refractivity contribution in [3.8, 4) is 0 Å². The van der Waals surface area contributed by atoms with Crippen LogP contribution in [0.25, 0.3) is 6.08 Å². The van der Waals surface area contributed by atoms with Crippen molar-refractivity contribution >= 4 is 29.3 Å². The molecule has 2 aromatic carbocycles. The van der Waals surface area contributed by atoms with E-state index < -0.39 is 0 Å². The molecule has 1 heterocycles. The van der Waals surface area contributed by atoms with Crippen molar-refractivity contribution in [3.05, 3.63) is 70.3 Å². The van der Waals surface area contributed by atoms with Gasteiger partial charge in [0.1, 0.15) is 0 Å². The highest BCUT2D eigenvalue weighted by atomic mass is 35.5. The van der Waals surface area contributed by atoms with Crippen LogP contribution in [-0.4, -0.2) is 24.4 Å².